The molecule has 10 rings (SSSR count). The summed E-state index contributed by atoms with van der Waals surface area (Å²) < 4.78 is 13.8. The lowest BCUT2D eigenvalue weighted by Crippen LogP contribution is -2.50. The molecule has 0 aliphatic carbocycles. The van der Waals surface area contributed by atoms with E-state index >= 15 is 0 Å². The Kier molecular flexibility index (Phi) is 12.1. The monoisotopic (exact) mass is 848 g/mol. The zero-order valence-electron chi connectivity index (χ0n) is 34.6. The van der Waals surface area contributed by atoms with Crippen LogP contribution in [0.5, 0.6) is 11.5 Å². The van der Waals surface area contributed by atoms with Gasteiger partial charge in [-0.2, -0.15) is 0 Å². The molecule has 2 aliphatic heterocycles. The maximum Gasteiger partial charge on any atom is 0.174 e. The summed E-state index contributed by atoms with van der Waals surface area (Å²) in [4.78, 5) is 2.21. The van der Waals surface area contributed by atoms with Gasteiger partial charge in [0.2, 0.25) is 0 Å². The molecule has 6 heteroatoms. The van der Waals surface area contributed by atoms with E-state index < -0.39 is 23.4 Å². The third-order valence-electron chi connectivity index (χ3n) is 11.8. The van der Waals surface area contributed by atoms with E-state index in [9.17, 15) is 10.2 Å². The number of aliphatic hydroxyl groups is 2. The van der Waals surface area contributed by atoms with Gasteiger partial charge in [0.1, 0.15) is 11.5 Å². The molecular weight excluding hydrogens is 801 g/mol. The number of benzene rings is 8. The molecule has 8 aromatic carbocycles. The number of rotatable bonds is 8. The molecule has 0 amide bonds. The first-order chi connectivity index (χ1) is 30.4. The Labute approximate surface area is 373 Å². The van der Waals surface area contributed by atoms with Crippen LogP contribution in [0.3, 0.4) is 0 Å². The van der Waals surface area contributed by atoms with Crippen molar-refractivity contribution in [2.45, 2.75) is 57.5 Å². The molecule has 2 heterocycles. The van der Waals surface area contributed by atoms with E-state index in [1.807, 2.05) is 121 Å². The molecule has 0 unspecified atom stereocenters. The number of aliphatic hydroxyl groups excluding tert-OH is 2. The van der Waals surface area contributed by atoms with Gasteiger partial charge in [0.25, 0.3) is 0 Å². The first-order valence-corrected chi connectivity index (χ1v) is 22.7. The molecule has 4 atom stereocenters. The van der Waals surface area contributed by atoms with Crippen LogP contribution in [0.2, 0.25) is 0 Å². The minimum absolute atomic E-state index is 0.282. The Morgan fingerprint density at radius 1 is 0.355 bits per heavy atom. The fourth-order valence-corrected chi connectivity index (χ4v) is 11.4. The first-order valence-electron chi connectivity index (χ1n) is 21.0. The van der Waals surface area contributed by atoms with Crippen LogP contribution in [0.25, 0.3) is 0 Å². The van der Waals surface area contributed by atoms with Crippen molar-refractivity contribution < 1.29 is 19.7 Å². The number of thioether (sulfide) groups is 2. The molecular formula is C56H48O4S2. The standard InChI is InChI=1S/2C28H24O2S/c2*1-20-16-18-23(19-17-20)31-27-26(29)24-14-8-9-15-25(24)30-28(27,21-10-4-2-5-11-21)22-12-6-3-7-13-22/h2*2-19,26-27,29H,1H3/t2*26-,27+/m00/s1. The molecule has 4 nitrogen and oxygen atoms in total. The number of hydrogen-bond acceptors (Lipinski definition) is 6. The number of ether oxygens (including phenoxy) is 2. The zero-order chi connectivity index (χ0) is 42.5. The van der Waals surface area contributed by atoms with Crippen LogP contribution in [0.15, 0.2) is 228 Å². The number of aryl methyl sites for hydroxylation is 2. The molecule has 0 spiro atoms. The van der Waals surface area contributed by atoms with Crippen LogP contribution in [0, 0.1) is 13.8 Å². The molecule has 0 radical (unpaired) electrons. The van der Waals surface area contributed by atoms with Crippen LogP contribution < -0.4 is 9.47 Å². The Hall–Kier alpha value is -6.02. The molecule has 8 aromatic rings. The Bertz CT molecular complexity index is 2420. The maximum absolute atomic E-state index is 11.7. The van der Waals surface area contributed by atoms with Crippen LogP contribution >= 0.6 is 23.5 Å². The number of para-hydroxylation sites is 2. The topological polar surface area (TPSA) is 58.9 Å². The van der Waals surface area contributed by atoms with Gasteiger partial charge in [-0.1, -0.05) is 193 Å². The van der Waals surface area contributed by atoms with Gasteiger partial charge in [-0.3, -0.25) is 0 Å². The summed E-state index contributed by atoms with van der Waals surface area (Å²) in [5, 5.41) is 22.8. The van der Waals surface area contributed by atoms with Gasteiger partial charge in [-0.25, -0.2) is 0 Å². The second kappa shape index (κ2) is 18.1. The van der Waals surface area contributed by atoms with Crippen molar-refractivity contribution in [2.24, 2.45) is 0 Å². The van der Waals surface area contributed by atoms with E-state index in [1.54, 1.807) is 23.5 Å². The quantitative estimate of drug-likeness (QED) is 0.159. The summed E-state index contributed by atoms with van der Waals surface area (Å²) in [6, 6.07) is 73.6. The highest BCUT2D eigenvalue weighted by atomic mass is 32.2. The lowest BCUT2D eigenvalue weighted by molar-refractivity contribution is 0.0187. The van der Waals surface area contributed by atoms with Crippen LogP contribution in [-0.4, -0.2) is 20.7 Å². The second-order valence-electron chi connectivity index (χ2n) is 15.8. The van der Waals surface area contributed by atoms with E-state index in [2.05, 4.69) is 111 Å². The highest BCUT2D eigenvalue weighted by molar-refractivity contribution is 8.00. The molecule has 0 saturated heterocycles. The van der Waals surface area contributed by atoms with E-state index in [4.69, 9.17) is 9.47 Å². The largest absolute Gasteiger partial charge is 0.476 e. The molecule has 0 saturated carbocycles. The van der Waals surface area contributed by atoms with E-state index in [0.717, 1.165) is 54.7 Å². The van der Waals surface area contributed by atoms with Crippen LogP contribution in [0.4, 0.5) is 0 Å². The Morgan fingerprint density at radius 3 is 0.935 bits per heavy atom. The predicted octanol–water partition coefficient (Wildman–Crippen LogP) is 13.1. The van der Waals surface area contributed by atoms with Gasteiger partial charge >= 0.3 is 0 Å². The van der Waals surface area contributed by atoms with Gasteiger partial charge in [0.05, 0.1) is 22.7 Å². The Morgan fingerprint density at radius 2 is 0.629 bits per heavy atom. The minimum atomic E-state index is -0.841. The average Bonchev–Trinajstić information content (AvgIpc) is 3.33. The van der Waals surface area contributed by atoms with Crippen molar-refractivity contribution in [3.63, 3.8) is 0 Å². The summed E-state index contributed by atoms with van der Waals surface area (Å²) in [5.41, 5.74) is 6.51. The lowest BCUT2D eigenvalue weighted by atomic mass is 9.78. The molecule has 308 valence electrons. The van der Waals surface area contributed by atoms with E-state index in [1.165, 1.54) is 11.1 Å². The molecule has 0 aromatic heterocycles. The summed E-state index contributed by atoms with van der Waals surface area (Å²) in [6.07, 6.45) is -1.40. The van der Waals surface area contributed by atoms with Crippen molar-refractivity contribution in [2.75, 3.05) is 0 Å². The van der Waals surface area contributed by atoms with Gasteiger partial charge in [0, 0.05) is 43.2 Å². The lowest BCUT2D eigenvalue weighted by Gasteiger charge is -2.47. The molecule has 2 N–H and O–H groups in total. The average molecular weight is 849 g/mol. The van der Waals surface area contributed by atoms with Crippen molar-refractivity contribution >= 4 is 23.5 Å². The summed E-state index contributed by atoms with van der Waals surface area (Å²) in [6.45, 7) is 4.17. The third kappa shape index (κ3) is 7.96. The van der Waals surface area contributed by atoms with Gasteiger partial charge in [-0.15, -0.1) is 23.5 Å². The summed E-state index contributed by atoms with van der Waals surface area (Å²) in [5.74, 6) is 1.45. The maximum atomic E-state index is 11.7. The fourth-order valence-electron chi connectivity index (χ4n) is 8.66. The normalized spacial score (nSPS) is 19.3. The molecule has 62 heavy (non-hydrogen) atoms. The van der Waals surface area contributed by atoms with Crippen molar-refractivity contribution in [1.82, 2.24) is 0 Å². The Balaban J connectivity index is 0.000000158. The fraction of sp³-hybridized carbons (Fsp3) is 0.143. The number of fused-ring (bicyclic) bond motifs is 2. The SMILES string of the molecule is Cc1ccc(S[C@@H]2[C@@H](O)c3ccccc3OC2(c2ccccc2)c2ccccc2)cc1.Cc1ccc(S[C@@H]2[C@@H](O)c3ccccc3OC2(c2ccccc2)c2ccccc2)cc1. The molecule has 0 bridgehead atoms. The van der Waals surface area contributed by atoms with Crippen molar-refractivity contribution in [1.29, 1.82) is 0 Å². The first kappa shape index (κ1) is 41.3. The molecule has 0 fully saturated rings. The van der Waals surface area contributed by atoms with E-state index in [-0.39, 0.29) is 10.5 Å². The van der Waals surface area contributed by atoms with Crippen molar-refractivity contribution in [3.8, 4) is 11.5 Å². The van der Waals surface area contributed by atoms with Crippen molar-refractivity contribution in [3.05, 3.63) is 263 Å². The minimum Gasteiger partial charge on any atom is -0.476 e. The number of hydrogen-bond donors (Lipinski definition) is 2. The predicted molar refractivity (Wildman–Crippen MR) is 253 cm³/mol. The van der Waals surface area contributed by atoms with Crippen LogP contribution in [0.1, 0.15) is 56.7 Å². The molecule has 2 aliphatic rings. The third-order valence-corrected chi connectivity index (χ3v) is 14.5. The smallest absolute Gasteiger partial charge is 0.174 e. The summed E-state index contributed by atoms with van der Waals surface area (Å²) >= 11 is 3.33. The zero-order valence-corrected chi connectivity index (χ0v) is 36.3. The van der Waals surface area contributed by atoms with Gasteiger partial charge in [0.15, 0.2) is 11.2 Å². The van der Waals surface area contributed by atoms with Gasteiger partial charge < -0.3 is 19.7 Å². The van der Waals surface area contributed by atoms with E-state index in [0.29, 0.717) is 0 Å². The van der Waals surface area contributed by atoms with Gasteiger partial charge in [-0.05, 0) is 50.2 Å². The summed E-state index contributed by atoms with van der Waals surface area (Å²) in [7, 11) is 0. The highest BCUT2D eigenvalue weighted by Gasteiger charge is 2.54. The highest BCUT2D eigenvalue weighted by Crippen LogP contribution is 2.56. The second-order valence-corrected chi connectivity index (χ2v) is 18.2. The van der Waals surface area contributed by atoms with Crippen LogP contribution in [-0.2, 0) is 11.2 Å².